The molecule has 0 unspecified atom stereocenters. The van der Waals surface area contributed by atoms with Gasteiger partial charge in [-0.1, -0.05) is 0 Å². The van der Waals surface area contributed by atoms with Gasteiger partial charge in [0, 0.05) is 5.75 Å². The molecule has 0 amide bonds. The van der Waals surface area contributed by atoms with Crippen molar-refractivity contribution in [3.05, 3.63) is 0 Å². The molecular weight excluding hydrogens is 231 g/mol. The molecular formula is C8H14F3NO2S. The lowest BCUT2D eigenvalue weighted by molar-refractivity contribution is -0.155. The predicted octanol–water partition coefficient (Wildman–Crippen LogP) is 1.91. The summed E-state index contributed by atoms with van der Waals surface area (Å²) in [6, 6.07) is -1.25. The van der Waals surface area contributed by atoms with Gasteiger partial charge in [-0.05, 0) is 32.5 Å². The van der Waals surface area contributed by atoms with Gasteiger partial charge in [-0.3, -0.25) is 4.79 Å². The van der Waals surface area contributed by atoms with Gasteiger partial charge in [0.25, 0.3) is 0 Å². The van der Waals surface area contributed by atoms with E-state index in [-0.39, 0.29) is 11.8 Å². The molecule has 0 spiro atoms. The van der Waals surface area contributed by atoms with Crippen molar-refractivity contribution in [1.82, 2.24) is 0 Å². The van der Waals surface area contributed by atoms with Gasteiger partial charge in [-0.15, -0.1) is 0 Å². The Morgan fingerprint density at radius 3 is 2.20 bits per heavy atom. The zero-order chi connectivity index (χ0) is 12.3. The summed E-state index contributed by atoms with van der Waals surface area (Å²) >= 11 is -0.330. The fraction of sp³-hybridized carbons (Fsp3) is 0.875. The van der Waals surface area contributed by atoms with Gasteiger partial charge in [-0.25, -0.2) is 0 Å². The predicted molar refractivity (Wildman–Crippen MR) is 52.3 cm³/mol. The van der Waals surface area contributed by atoms with E-state index in [0.29, 0.717) is 0 Å². The summed E-state index contributed by atoms with van der Waals surface area (Å²) < 4.78 is 40.1. The number of carbonyl (C=O) groups excluding carboxylic acids is 1. The van der Waals surface area contributed by atoms with Crippen molar-refractivity contribution in [1.29, 1.82) is 0 Å². The first kappa shape index (κ1) is 14.6. The standard InChI is InChI=1S/C8H14F3NO2S/c1-7(2,3)14-6(13)5(12)4-15-8(9,10)11/h5H,4,12H2,1-3H3/t5-/m0/s1. The Morgan fingerprint density at radius 2 is 1.87 bits per heavy atom. The first-order valence-electron chi connectivity index (χ1n) is 4.20. The maximum absolute atomic E-state index is 11.8. The van der Waals surface area contributed by atoms with Crippen LogP contribution in [0.4, 0.5) is 13.2 Å². The van der Waals surface area contributed by atoms with Crippen molar-refractivity contribution in [2.45, 2.75) is 37.9 Å². The van der Waals surface area contributed by atoms with Crippen LogP contribution in [-0.4, -0.2) is 28.9 Å². The Labute approximate surface area is 90.5 Å². The number of hydrogen-bond donors (Lipinski definition) is 1. The second-order valence-corrected chi connectivity index (χ2v) is 4.98. The Kier molecular flexibility index (Phi) is 4.92. The summed E-state index contributed by atoms with van der Waals surface area (Å²) in [7, 11) is 0. The third-order valence-corrected chi connectivity index (χ3v) is 1.99. The number of ether oxygens (including phenoxy) is 1. The highest BCUT2D eigenvalue weighted by atomic mass is 32.2. The van der Waals surface area contributed by atoms with Crippen LogP contribution in [0.15, 0.2) is 0 Å². The van der Waals surface area contributed by atoms with Gasteiger partial charge in [0.1, 0.15) is 11.6 Å². The molecule has 7 heteroatoms. The van der Waals surface area contributed by atoms with Crippen LogP contribution in [0.5, 0.6) is 0 Å². The highest BCUT2D eigenvalue weighted by molar-refractivity contribution is 8.00. The molecule has 3 nitrogen and oxygen atoms in total. The second kappa shape index (κ2) is 5.07. The molecule has 0 saturated carbocycles. The molecule has 0 aliphatic heterocycles. The fourth-order valence-corrected chi connectivity index (χ4v) is 1.13. The molecule has 0 radical (unpaired) electrons. The topological polar surface area (TPSA) is 52.3 Å². The van der Waals surface area contributed by atoms with E-state index in [4.69, 9.17) is 10.5 Å². The molecule has 0 saturated heterocycles. The van der Waals surface area contributed by atoms with Gasteiger partial charge in [0.05, 0.1) is 0 Å². The first-order chi connectivity index (χ1) is 6.51. The van der Waals surface area contributed by atoms with Crippen molar-refractivity contribution < 1.29 is 22.7 Å². The van der Waals surface area contributed by atoms with E-state index < -0.39 is 28.9 Å². The van der Waals surface area contributed by atoms with Crippen LogP contribution >= 0.6 is 11.8 Å². The lowest BCUT2D eigenvalue weighted by atomic mass is 10.2. The minimum atomic E-state index is -4.38. The number of thioether (sulfide) groups is 1. The van der Waals surface area contributed by atoms with E-state index in [1.807, 2.05) is 0 Å². The molecule has 0 heterocycles. The normalized spacial score (nSPS) is 14.9. The molecule has 2 N–H and O–H groups in total. The molecule has 0 aromatic carbocycles. The van der Waals surface area contributed by atoms with Crippen LogP contribution in [0.1, 0.15) is 20.8 Å². The third kappa shape index (κ3) is 8.56. The molecule has 1 atom stereocenters. The molecule has 90 valence electrons. The molecule has 0 aromatic rings. The summed E-state index contributed by atoms with van der Waals surface area (Å²) in [6.07, 6.45) is 0. The van der Waals surface area contributed by atoms with E-state index in [2.05, 4.69) is 0 Å². The number of carbonyl (C=O) groups is 1. The van der Waals surface area contributed by atoms with E-state index in [1.165, 1.54) is 0 Å². The second-order valence-electron chi connectivity index (χ2n) is 3.90. The highest BCUT2D eigenvalue weighted by Crippen LogP contribution is 2.30. The molecule has 0 aliphatic carbocycles. The largest absolute Gasteiger partial charge is 0.459 e. The fourth-order valence-electron chi connectivity index (χ4n) is 0.630. The maximum atomic E-state index is 11.8. The molecule has 0 fully saturated rings. The minimum Gasteiger partial charge on any atom is -0.459 e. The Morgan fingerprint density at radius 1 is 1.40 bits per heavy atom. The van der Waals surface area contributed by atoms with Crippen LogP contribution in [0.3, 0.4) is 0 Å². The number of rotatable bonds is 3. The third-order valence-electron chi connectivity index (χ3n) is 1.14. The molecule has 0 aliphatic rings. The Hall–Kier alpha value is -0.430. The average Bonchev–Trinajstić information content (AvgIpc) is 1.95. The van der Waals surface area contributed by atoms with Crippen molar-refractivity contribution >= 4 is 17.7 Å². The van der Waals surface area contributed by atoms with Crippen molar-refractivity contribution in [3.63, 3.8) is 0 Å². The summed E-state index contributed by atoms with van der Waals surface area (Å²) in [6.45, 7) is 4.86. The van der Waals surface area contributed by atoms with Crippen LogP contribution in [0.25, 0.3) is 0 Å². The highest BCUT2D eigenvalue weighted by Gasteiger charge is 2.31. The van der Waals surface area contributed by atoms with Crippen LogP contribution in [-0.2, 0) is 9.53 Å². The van der Waals surface area contributed by atoms with E-state index in [9.17, 15) is 18.0 Å². The van der Waals surface area contributed by atoms with E-state index in [0.717, 1.165) is 0 Å². The number of esters is 1. The summed E-state index contributed by atoms with van der Waals surface area (Å²) in [5.41, 5.74) is 0.122. The van der Waals surface area contributed by atoms with Gasteiger partial charge >= 0.3 is 11.5 Å². The zero-order valence-corrected chi connectivity index (χ0v) is 9.54. The monoisotopic (exact) mass is 245 g/mol. The number of alkyl halides is 3. The van der Waals surface area contributed by atoms with Gasteiger partial charge in [0.2, 0.25) is 0 Å². The van der Waals surface area contributed by atoms with E-state index >= 15 is 0 Å². The first-order valence-corrected chi connectivity index (χ1v) is 5.19. The summed E-state index contributed by atoms with van der Waals surface area (Å²) in [5, 5.41) is 0. The van der Waals surface area contributed by atoms with Gasteiger partial charge in [-0.2, -0.15) is 13.2 Å². The molecule has 0 rings (SSSR count). The van der Waals surface area contributed by atoms with Crippen LogP contribution in [0, 0.1) is 0 Å². The molecule has 15 heavy (non-hydrogen) atoms. The van der Waals surface area contributed by atoms with Crippen molar-refractivity contribution in [2.75, 3.05) is 5.75 Å². The smallest absolute Gasteiger partial charge is 0.441 e. The summed E-state index contributed by atoms with van der Waals surface area (Å²) in [4.78, 5) is 11.1. The summed E-state index contributed by atoms with van der Waals surface area (Å²) in [5.74, 6) is -1.35. The van der Waals surface area contributed by atoms with Crippen LogP contribution in [0.2, 0.25) is 0 Å². The van der Waals surface area contributed by atoms with Gasteiger partial charge < -0.3 is 10.5 Å². The minimum absolute atomic E-state index is 0.330. The SMILES string of the molecule is CC(C)(C)OC(=O)[C@@H](N)CSC(F)(F)F. The Bertz CT molecular complexity index is 225. The quantitative estimate of drug-likeness (QED) is 0.772. The lowest BCUT2D eigenvalue weighted by Crippen LogP contribution is -2.39. The average molecular weight is 245 g/mol. The molecule has 0 aromatic heterocycles. The van der Waals surface area contributed by atoms with Crippen molar-refractivity contribution in [3.8, 4) is 0 Å². The van der Waals surface area contributed by atoms with Crippen LogP contribution < -0.4 is 5.73 Å². The van der Waals surface area contributed by atoms with Crippen molar-refractivity contribution in [2.24, 2.45) is 5.73 Å². The van der Waals surface area contributed by atoms with E-state index in [1.54, 1.807) is 20.8 Å². The zero-order valence-electron chi connectivity index (χ0n) is 8.72. The number of halogens is 3. The maximum Gasteiger partial charge on any atom is 0.441 e. The number of hydrogen-bond acceptors (Lipinski definition) is 4. The Balaban J connectivity index is 4.01. The molecule has 0 bridgehead atoms. The van der Waals surface area contributed by atoms with Gasteiger partial charge in [0.15, 0.2) is 0 Å². The lowest BCUT2D eigenvalue weighted by Gasteiger charge is -2.22. The number of nitrogens with two attached hydrogens (primary N) is 1.